The van der Waals surface area contributed by atoms with Gasteiger partial charge in [-0.25, -0.2) is 0 Å². The van der Waals surface area contributed by atoms with E-state index in [0.717, 1.165) is 16.9 Å². The van der Waals surface area contributed by atoms with Crippen LogP contribution in [-0.4, -0.2) is 70.9 Å². The van der Waals surface area contributed by atoms with E-state index in [9.17, 15) is 24.6 Å². The normalized spacial score (nSPS) is 21.9. The zero-order valence-electron chi connectivity index (χ0n) is 20.8. The molecule has 3 atom stereocenters. The number of amides is 2. The van der Waals surface area contributed by atoms with Crippen LogP contribution >= 0.6 is 0 Å². The van der Waals surface area contributed by atoms with Crippen molar-refractivity contribution in [2.75, 3.05) is 19.8 Å². The van der Waals surface area contributed by atoms with Gasteiger partial charge in [0.2, 0.25) is 5.91 Å². The molecule has 1 saturated heterocycles. The molecule has 4 N–H and O–H groups in total. The van der Waals surface area contributed by atoms with Gasteiger partial charge in [-0.1, -0.05) is 13.8 Å². The zero-order valence-corrected chi connectivity index (χ0v) is 20.8. The molecule has 0 spiro atoms. The van der Waals surface area contributed by atoms with Gasteiger partial charge in [-0.15, -0.1) is 0 Å². The molecule has 2 aliphatic heterocycles. The minimum absolute atomic E-state index is 0.0779. The highest BCUT2D eigenvalue weighted by Crippen LogP contribution is 2.39. The SMILES string of the molecule is Cc1cc2c(c(C)c1C(=O)NC(CO)C(=O)NC(CC(C)C)C(=O)C1(CO)CO1)CC(C)(C)O2. The number of aryl methyl sites for hydroxylation is 1. The van der Waals surface area contributed by atoms with Crippen LogP contribution in [0.1, 0.15) is 61.2 Å². The first-order valence-electron chi connectivity index (χ1n) is 11.7. The molecule has 1 aromatic rings. The molecule has 2 amide bonds. The number of benzene rings is 1. The first-order chi connectivity index (χ1) is 15.8. The van der Waals surface area contributed by atoms with Crippen LogP contribution < -0.4 is 15.4 Å². The van der Waals surface area contributed by atoms with E-state index in [4.69, 9.17) is 9.47 Å². The van der Waals surface area contributed by atoms with E-state index < -0.39 is 48.5 Å². The first kappa shape index (κ1) is 26.1. The van der Waals surface area contributed by atoms with Gasteiger partial charge in [-0.2, -0.15) is 0 Å². The number of Topliss-reactive ketones (excluding diaryl/α,β-unsaturated/α-hetero) is 1. The number of aliphatic hydroxyl groups is 2. The number of epoxide rings is 1. The van der Waals surface area contributed by atoms with Crippen molar-refractivity contribution in [2.24, 2.45) is 5.92 Å². The maximum absolute atomic E-state index is 13.2. The van der Waals surface area contributed by atoms with Crippen molar-refractivity contribution >= 4 is 17.6 Å². The molecule has 2 aliphatic rings. The molecule has 2 heterocycles. The van der Waals surface area contributed by atoms with Crippen LogP contribution in [0.4, 0.5) is 0 Å². The van der Waals surface area contributed by atoms with Crippen LogP contribution in [0.3, 0.4) is 0 Å². The molecule has 9 nitrogen and oxygen atoms in total. The highest BCUT2D eigenvalue weighted by Gasteiger charge is 2.54. The fourth-order valence-electron chi connectivity index (χ4n) is 4.52. The van der Waals surface area contributed by atoms with Crippen LogP contribution in [0.15, 0.2) is 6.07 Å². The molecular weight excluding hydrogens is 440 g/mol. The van der Waals surface area contributed by atoms with E-state index in [1.54, 1.807) is 6.92 Å². The minimum Gasteiger partial charge on any atom is -0.487 e. The third kappa shape index (κ3) is 5.26. The van der Waals surface area contributed by atoms with E-state index in [1.165, 1.54) is 0 Å². The Morgan fingerprint density at radius 2 is 1.76 bits per heavy atom. The smallest absolute Gasteiger partial charge is 0.252 e. The minimum atomic E-state index is -1.28. The molecule has 1 fully saturated rings. The molecule has 0 radical (unpaired) electrons. The Labute approximate surface area is 200 Å². The summed E-state index contributed by atoms with van der Waals surface area (Å²) in [6.45, 7) is 10.4. The first-order valence-corrected chi connectivity index (χ1v) is 11.7. The molecular formula is C25H36N2O7. The second-order valence-electron chi connectivity index (χ2n) is 10.4. The molecule has 34 heavy (non-hydrogen) atoms. The third-order valence-corrected chi connectivity index (χ3v) is 6.42. The number of carbonyl (C=O) groups excluding carboxylic acids is 3. The predicted octanol–water partition coefficient (Wildman–Crippen LogP) is 0.969. The summed E-state index contributed by atoms with van der Waals surface area (Å²) in [7, 11) is 0. The van der Waals surface area contributed by atoms with Crippen LogP contribution in [-0.2, 0) is 20.7 Å². The number of fused-ring (bicyclic) bond motifs is 1. The Kier molecular flexibility index (Phi) is 7.40. The Balaban J connectivity index is 1.76. The number of rotatable bonds is 10. The van der Waals surface area contributed by atoms with E-state index in [1.807, 2.05) is 40.7 Å². The highest BCUT2D eigenvalue weighted by atomic mass is 16.6. The lowest BCUT2D eigenvalue weighted by Gasteiger charge is -2.25. The van der Waals surface area contributed by atoms with E-state index in [-0.39, 0.29) is 18.1 Å². The fraction of sp³-hybridized carbons (Fsp3) is 0.640. The van der Waals surface area contributed by atoms with Gasteiger partial charge in [-0.05, 0) is 57.2 Å². The van der Waals surface area contributed by atoms with Crippen molar-refractivity contribution in [3.63, 3.8) is 0 Å². The molecule has 188 valence electrons. The summed E-state index contributed by atoms with van der Waals surface area (Å²) in [6, 6.07) is -0.336. The maximum atomic E-state index is 13.2. The average molecular weight is 477 g/mol. The van der Waals surface area contributed by atoms with Crippen LogP contribution in [0, 0.1) is 19.8 Å². The molecule has 3 rings (SSSR count). The van der Waals surface area contributed by atoms with Gasteiger partial charge in [0.15, 0.2) is 11.4 Å². The van der Waals surface area contributed by atoms with Gasteiger partial charge in [-0.3, -0.25) is 14.4 Å². The number of carbonyl (C=O) groups is 3. The Morgan fingerprint density at radius 1 is 1.12 bits per heavy atom. The second-order valence-corrected chi connectivity index (χ2v) is 10.4. The summed E-state index contributed by atoms with van der Waals surface area (Å²) in [4.78, 5) is 39.0. The maximum Gasteiger partial charge on any atom is 0.252 e. The molecule has 9 heteroatoms. The van der Waals surface area contributed by atoms with Crippen molar-refractivity contribution in [3.8, 4) is 5.75 Å². The third-order valence-electron chi connectivity index (χ3n) is 6.42. The lowest BCUT2D eigenvalue weighted by Crippen LogP contribution is -2.55. The number of nitrogens with one attached hydrogen (secondary N) is 2. The molecule has 1 aromatic carbocycles. The number of ether oxygens (including phenoxy) is 2. The molecule has 3 unspecified atom stereocenters. The molecule has 0 aliphatic carbocycles. The lowest BCUT2D eigenvalue weighted by atomic mass is 9.91. The fourth-order valence-corrected chi connectivity index (χ4v) is 4.52. The number of aliphatic hydroxyl groups excluding tert-OH is 2. The summed E-state index contributed by atoms with van der Waals surface area (Å²) < 4.78 is 11.1. The summed E-state index contributed by atoms with van der Waals surface area (Å²) in [5.74, 6) is -0.740. The second kappa shape index (κ2) is 9.64. The quantitative estimate of drug-likeness (QED) is 0.369. The lowest BCUT2D eigenvalue weighted by molar-refractivity contribution is -0.133. The monoisotopic (exact) mass is 476 g/mol. The highest BCUT2D eigenvalue weighted by molar-refractivity contribution is 6.02. The van der Waals surface area contributed by atoms with Crippen molar-refractivity contribution in [2.45, 2.75) is 77.7 Å². The Hall–Kier alpha value is -2.49. The van der Waals surface area contributed by atoms with E-state index >= 15 is 0 Å². The molecule has 0 aromatic heterocycles. The largest absolute Gasteiger partial charge is 0.487 e. The van der Waals surface area contributed by atoms with Gasteiger partial charge in [0.1, 0.15) is 17.4 Å². The Bertz CT molecular complexity index is 982. The van der Waals surface area contributed by atoms with Crippen LogP contribution in [0.2, 0.25) is 0 Å². The average Bonchev–Trinajstić information content (AvgIpc) is 3.48. The van der Waals surface area contributed by atoms with Gasteiger partial charge >= 0.3 is 0 Å². The van der Waals surface area contributed by atoms with Gasteiger partial charge in [0.25, 0.3) is 5.91 Å². The summed E-state index contributed by atoms with van der Waals surface area (Å²) in [5, 5.41) is 24.6. The van der Waals surface area contributed by atoms with Gasteiger partial charge in [0.05, 0.1) is 25.9 Å². The number of hydrogen-bond acceptors (Lipinski definition) is 7. The standard InChI is InChI=1S/C25H36N2O7/c1-13(2)7-17(21(30)25(11-29)12-33-25)26-22(31)18(10-28)27-23(32)20-14(3)8-19-16(15(20)4)9-24(5,6)34-19/h8,13,17-18,28-29H,7,9-12H2,1-6H3,(H,26,31)(H,27,32). The predicted molar refractivity (Wildman–Crippen MR) is 125 cm³/mol. The van der Waals surface area contributed by atoms with Gasteiger partial charge < -0.3 is 30.3 Å². The topological polar surface area (TPSA) is 137 Å². The van der Waals surface area contributed by atoms with Crippen LogP contribution in [0.5, 0.6) is 5.75 Å². The Morgan fingerprint density at radius 3 is 2.29 bits per heavy atom. The summed E-state index contributed by atoms with van der Waals surface area (Å²) in [5.41, 5.74) is 1.22. The van der Waals surface area contributed by atoms with Crippen LogP contribution in [0.25, 0.3) is 0 Å². The van der Waals surface area contributed by atoms with Crippen molar-refractivity contribution in [1.29, 1.82) is 0 Å². The zero-order chi connectivity index (χ0) is 25.4. The molecule has 0 saturated carbocycles. The number of hydrogen-bond donors (Lipinski definition) is 4. The summed E-state index contributed by atoms with van der Waals surface area (Å²) >= 11 is 0. The molecule has 0 bridgehead atoms. The number of ketones is 1. The van der Waals surface area contributed by atoms with E-state index in [0.29, 0.717) is 24.0 Å². The van der Waals surface area contributed by atoms with Crippen molar-refractivity contribution < 1.29 is 34.1 Å². The van der Waals surface area contributed by atoms with Gasteiger partial charge in [0, 0.05) is 17.5 Å². The van der Waals surface area contributed by atoms with Crippen molar-refractivity contribution in [3.05, 3.63) is 28.3 Å². The van der Waals surface area contributed by atoms with Crippen molar-refractivity contribution in [1.82, 2.24) is 10.6 Å². The summed E-state index contributed by atoms with van der Waals surface area (Å²) in [6.07, 6.45) is 0.993. The van der Waals surface area contributed by atoms with E-state index in [2.05, 4.69) is 10.6 Å².